The molecule has 15 heavy (non-hydrogen) atoms. The SMILES string of the molecule is CCc1c(N)n[nH]c1C1C[C@@H]2CC[C@H]1O2. The maximum absolute atomic E-state index is 5.86. The van der Waals surface area contributed by atoms with Gasteiger partial charge < -0.3 is 10.5 Å². The number of ether oxygens (including phenoxy) is 1. The molecule has 0 saturated carbocycles. The molecular formula is C11H17N3O. The van der Waals surface area contributed by atoms with E-state index in [1.807, 2.05) is 0 Å². The van der Waals surface area contributed by atoms with Gasteiger partial charge in [0, 0.05) is 17.2 Å². The average molecular weight is 207 g/mol. The van der Waals surface area contributed by atoms with Crippen molar-refractivity contribution in [1.82, 2.24) is 10.2 Å². The summed E-state index contributed by atoms with van der Waals surface area (Å²) in [6, 6.07) is 0. The molecule has 2 fully saturated rings. The largest absolute Gasteiger partial charge is 0.382 e. The molecule has 82 valence electrons. The number of hydrogen-bond donors (Lipinski definition) is 2. The maximum Gasteiger partial charge on any atom is 0.148 e. The smallest absolute Gasteiger partial charge is 0.148 e. The van der Waals surface area contributed by atoms with Gasteiger partial charge in [-0.15, -0.1) is 0 Å². The highest BCUT2D eigenvalue weighted by atomic mass is 16.5. The summed E-state index contributed by atoms with van der Waals surface area (Å²) in [5.41, 5.74) is 8.25. The minimum absolute atomic E-state index is 0.403. The van der Waals surface area contributed by atoms with Gasteiger partial charge in [-0.25, -0.2) is 0 Å². The Balaban J connectivity index is 1.93. The van der Waals surface area contributed by atoms with Crippen LogP contribution in [0.5, 0.6) is 0 Å². The zero-order chi connectivity index (χ0) is 10.4. The number of hydrogen-bond acceptors (Lipinski definition) is 3. The standard InChI is InChI=1S/C11H17N3O/c1-2-7-10(13-14-11(7)12)8-5-6-3-4-9(8)15-6/h6,8-9H,2-5H2,1H3,(H3,12,13,14)/t6-,8?,9+/m0/s1. The summed E-state index contributed by atoms with van der Waals surface area (Å²) in [7, 11) is 0. The monoisotopic (exact) mass is 207 g/mol. The fourth-order valence-corrected chi connectivity index (χ4v) is 3.01. The Bertz CT molecular complexity index is 374. The number of fused-ring (bicyclic) bond motifs is 2. The quantitative estimate of drug-likeness (QED) is 0.774. The van der Waals surface area contributed by atoms with Gasteiger partial charge in [0.15, 0.2) is 0 Å². The van der Waals surface area contributed by atoms with Crippen molar-refractivity contribution >= 4 is 5.82 Å². The van der Waals surface area contributed by atoms with E-state index in [9.17, 15) is 0 Å². The highest BCUT2D eigenvalue weighted by Crippen LogP contribution is 2.45. The molecule has 4 nitrogen and oxygen atoms in total. The number of aromatic nitrogens is 2. The summed E-state index contributed by atoms with van der Waals surface area (Å²) in [6.45, 7) is 2.12. The van der Waals surface area contributed by atoms with Crippen LogP contribution in [0.25, 0.3) is 0 Å². The van der Waals surface area contributed by atoms with E-state index in [-0.39, 0.29) is 0 Å². The molecule has 2 aliphatic rings. The van der Waals surface area contributed by atoms with Crippen molar-refractivity contribution in [3.05, 3.63) is 11.3 Å². The van der Waals surface area contributed by atoms with Crippen molar-refractivity contribution in [2.75, 3.05) is 5.73 Å². The van der Waals surface area contributed by atoms with Crippen molar-refractivity contribution in [1.29, 1.82) is 0 Å². The van der Waals surface area contributed by atoms with Gasteiger partial charge >= 0.3 is 0 Å². The first-order chi connectivity index (χ1) is 7.29. The summed E-state index contributed by atoms with van der Waals surface area (Å²) in [4.78, 5) is 0. The second-order valence-corrected chi connectivity index (χ2v) is 4.57. The lowest BCUT2D eigenvalue weighted by Gasteiger charge is -2.18. The Hall–Kier alpha value is -1.03. The fraction of sp³-hybridized carbons (Fsp3) is 0.727. The molecule has 3 rings (SSSR count). The van der Waals surface area contributed by atoms with E-state index in [0.29, 0.717) is 23.9 Å². The van der Waals surface area contributed by atoms with Crippen LogP contribution in [-0.2, 0) is 11.2 Å². The van der Waals surface area contributed by atoms with Crippen molar-refractivity contribution in [2.24, 2.45) is 0 Å². The molecule has 1 aromatic heterocycles. The minimum Gasteiger partial charge on any atom is -0.382 e. The molecule has 3 heterocycles. The Kier molecular flexibility index (Phi) is 1.99. The van der Waals surface area contributed by atoms with Crippen LogP contribution in [0.2, 0.25) is 0 Å². The first-order valence-electron chi connectivity index (χ1n) is 5.77. The number of nitrogens with zero attached hydrogens (tertiary/aromatic N) is 1. The van der Waals surface area contributed by atoms with Crippen LogP contribution >= 0.6 is 0 Å². The Morgan fingerprint density at radius 1 is 1.53 bits per heavy atom. The summed E-state index contributed by atoms with van der Waals surface area (Å²) < 4.78 is 5.86. The zero-order valence-electron chi connectivity index (χ0n) is 8.99. The van der Waals surface area contributed by atoms with Gasteiger partial charge in [0.05, 0.1) is 12.2 Å². The lowest BCUT2D eigenvalue weighted by atomic mass is 9.85. The zero-order valence-corrected chi connectivity index (χ0v) is 8.99. The van der Waals surface area contributed by atoms with Gasteiger partial charge in [-0.2, -0.15) is 5.10 Å². The third-order valence-corrected chi connectivity index (χ3v) is 3.76. The van der Waals surface area contributed by atoms with E-state index >= 15 is 0 Å². The first kappa shape index (κ1) is 9.21. The van der Waals surface area contributed by atoms with E-state index in [4.69, 9.17) is 10.5 Å². The average Bonchev–Trinajstić information content (AvgIpc) is 2.90. The molecule has 0 spiro atoms. The minimum atomic E-state index is 0.403. The molecule has 0 aromatic carbocycles. The van der Waals surface area contributed by atoms with Crippen molar-refractivity contribution in [2.45, 2.75) is 50.7 Å². The highest BCUT2D eigenvalue weighted by molar-refractivity contribution is 5.44. The van der Waals surface area contributed by atoms with Gasteiger partial charge in [0.25, 0.3) is 0 Å². The van der Waals surface area contributed by atoms with Crippen LogP contribution in [0.1, 0.15) is 43.4 Å². The summed E-state index contributed by atoms with van der Waals surface area (Å²) in [5, 5.41) is 7.21. The number of rotatable bonds is 2. The highest BCUT2D eigenvalue weighted by Gasteiger charge is 2.43. The molecule has 3 atom stereocenters. The number of H-pyrrole nitrogens is 1. The Morgan fingerprint density at radius 3 is 3.00 bits per heavy atom. The molecule has 0 radical (unpaired) electrons. The van der Waals surface area contributed by atoms with Crippen molar-refractivity contribution in [3.63, 3.8) is 0 Å². The van der Waals surface area contributed by atoms with Gasteiger partial charge in [-0.05, 0) is 25.7 Å². The molecule has 0 aliphatic carbocycles. The van der Waals surface area contributed by atoms with E-state index in [1.54, 1.807) is 0 Å². The van der Waals surface area contributed by atoms with E-state index in [1.165, 1.54) is 24.1 Å². The van der Waals surface area contributed by atoms with Gasteiger partial charge in [-0.3, -0.25) is 5.10 Å². The molecule has 2 aliphatic heterocycles. The van der Waals surface area contributed by atoms with E-state index in [2.05, 4.69) is 17.1 Å². The van der Waals surface area contributed by atoms with Crippen LogP contribution in [0, 0.1) is 0 Å². The molecule has 3 N–H and O–H groups in total. The third kappa shape index (κ3) is 1.28. The van der Waals surface area contributed by atoms with E-state index in [0.717, 1.165) is 12.8 Å². The van der Waals surface area contributed by atoms with Crippen LogP contribution in [0.15, 0.2) is 0 Å². The Morgan fingerprint density at radius 2 is 2.40 bits per heavy atom. The molecule has 2 bridgehead atoms. The van der Waals surface area contributed by atoms with Gasteiger partial charge in [0.2, 0.25) is 0 Å². The summed E-state index contributed by atoms with van der Waals surface area (Å²) in [5.74, 6) is 1.17. The molecule has 1 unspecified atom stereocenters. The predicted octanol–water partition coefficient (Wildman–Crippen LogP) is 1.59. The third-order valence-electron chi connectivity index (χ3n) is 3.76. The molecule has 1 aromatic rings. The summed E-state index contributed by atoms with van der Waals surface area (Å²) >= 11 is 0. The molecule has 4 heteroatoms. The first-order valence-corrected chi connectivity index (χ1v) is 5.77. The Labute approximate surface area is 89.2 Å². The van der Waals surface area contributed by atoms with Crippen molar-refractivity contribution in [3.8, 4) is 0 Å². The molecule has 0 amide bonds. The maximum atomic E-state index is 5.86. The summed E-state index contributed by atoms with van der Waals surface area (Å²) in [6.07, 6.45) is 5.39. The van der Waals surface area contributed by atoms with Gasteiger partial charge in [-0.1, -0.05) is 6.92 Å². The fourth-order valence-electron chi connectivity index (χ4n) is 3.01. The molecular weight excluding hydrogens is 190 g/mol. The van der Waals surface area contributed by atoms with Crippen LogP contribution in [0.3, 0.4) is 0 Å². The lowest BCUT2D eigenvalue weighted by molar-refractivity contribution is 0.100. The van der Waals surface area contributed by atoms with Crippen LogP contribution in [0.4, 0.5) is 5.82 Å². The topological polar surface area (TPSA) is 63.9 Å². The second kappa shape index (κ2) is 3.23. The van der Waals surface area contributed by atoms with Crippen molar-refractivity contribution < 1.29 is 4.74 Å². The predicted molar refractivity (Wildman–Crippen MR) is 57.6 cm³/mol. The number of aromatic amines is 1. The van der Waals surface area contributed by atoms with Gasteiger partial charge in [0.1, 0.15) is 5.82 Å². The van der Waals surface area contributed by atoms with E-state index < -0.39 is 0 Å². The second-order valence-electron chi connectivity index (χ2n) is 4.57. The number of nitrogens with one attached hydrogen (secondary N) is 1. The van der Waals surface area contributed by atoms with Crippen LogP contribution in [-0.4, -0.2) is 22.4 Å². The lowest BCUT2D eigenvalue weighted by Crippen LogP contribution is -2.16. The number of nitrogen functional groups attached to an aromatic ring is 1. The molecule has 2 saturated heterocycles. The van der Waals surface area contributed by atoms with Crippen LogP contribution < -0.4 is 5.73 Å². The normalized spacial score (nSPS) is 33.8. The number of nitrogens with two attached hydrogens (primary N) is 1. The number of anilines is 1.